The lowest BCUT2D eigenvalue weighted by Gasteiger charge is -1.95. The van der Waals surface area contributed by atoms with Crippen LogP contribution in [0.2, 0.25) is 0 Å². The predicted octanol–water partition coefficient (Wildman–Crippen LogP) is 1.27. The predicted molar refractivity (Wildman–Crippen MR) is 35.1 cm³/mol. The fraction of sp³-hybridized carbons (Fsp3) is 0.200. The third-order valence-electron chi connectivity index (χ3n) is 0.776. The average molecular weight is 174 g/mol. The molecule has 0 aromatic heterocycles. The van der Waals surface area contributed by atoms with Crippen LogP contribution in [0.15, 0.2) is 15.7 Å². The first-order valence-corrected chi connectivity index (χ1v) is 2.99. The Hall–Kier alpha value is -0.440. The summed E-state index contributed by atoms with van der Waals surface area (Å²) in [6, 6.07) is 0. The van der Waals surface area contributed by atoms with Gasteiger partial charge in [-0.3, -0.25) is 9.79 Å². The van der Waals surface area contributed by atoms with Gasteiger partial charge in [0, 0.05) is 17.1 Å². The van der Waals surface area contributed by atoms with Crippen molar-refractivity contribution in [2.45, 2.75) is 6.42 Å². The minimum absolute atomic E-state index is 0.0550. The normalized spacial score (nSPS) is 18.6. The van der Waals surface area contributed by atoms with Crippen LogP contribution in [0.3, 0.4) is 0 Å². The van der Waals surface area contributed by atoms with E-state index in [0.29, 0.717) is 6.42 Å². The van der Waals surface area contributed by atoms with E-state index in [9.17, 15) is 4.79 Å². The van der Waals surface area contributed by atoms with Gasteiger partial charge in [0.1, 0.15) is 0 Å². The third-order valence-corrected chi connectivity index (χ3v) is 1.26. The van der Waals surface area contributed by atoms with Crippen molar-refractivity contribution in [2.75, 3.05) is 0 Å². The highest BCUT2D eigenvalue weighted by atomic mass is 79.9. The fourth-order valence-corrected chi connectivity index (χ4v) is 0.854. The second-order valence-electron chi connectivity index (χ2n) is 1.50. The maximum atomic E-state index is 10.5. The van der Waals surface area contributed by atoms with Crippen molar-refractivity contribution >= 4 is 27.9 Å². The molecular formula is C5H4BrNO. The Morgan fingerprint density at radius 3 is 2.88 bits per heavy atom. The molecule has 0 aliphatic carbocycles. The number of ketones is 1. The van der Waals surface area contributed by atoms with E-state index in [4.69, 9.17) is 0 Å². The Morgan fingerprint density at radius 2 is 2.50 bits per heavy atom. The van der Waals surface area contributed by atoms with Crippen molar-refractivity contribution in [3.63, 3.8) is 0 Å². The highest BCUT2D eigenvalue weighted by molar-refractivity contribution is 9.11. The van der Waals surface area contributed by atoms with E-state index in [1.807, 2.05) is 0 Å². The standard InChI is InChI=1S/C5H4BrNO/c6-4-1-5(8)3-7-2-4/h2-3H,1H2. The molecule has 1 heterocycles. The molecule has 3 heteroatoms. The quantitative estimate of drug-likeness (QED) is 0.543. The zero-order chi connectivity index (χ0) is 5.98. The molecule has 1 aliphatic rings. The van der Waals surface area contributed by atoms with E-state index in [1.165, 1.54) is 6.21 Å². The SMILES string of the molecule is O=C1C=NC=C(Br)C1. The van der Waals surface area contributed by atoms with Gasteiger partial charge < -0.3 is 0 Å². The Bertz CT molecular complexity index is 171. The van der Waals surface area contributed by atoms with Crippen molar-refractivity contribution in [3.8, 4) is 0 Å². The van der Waals surface area contributed by atoms with Crippen LogP contribution >= 0.6 is 15.9 Å². The summed E-state index contributed by atoms with van der Waals surface area (Å²) in [7, 11) is 0. The maximum absolute atomic E-state index is 10.5. The van der Waals surface area contributed by atoms with Gasteiger partial charge in [-0.2, -0.15) is 0 Å². The Kier molecular flexibility index (Phi) is 1.58. The van der Waals surface area contributed by atoms with Crippen LogP contribution in [0.5, 0.6) is 0 Å². The van der Waals surface area contributed by atoms with Crippen LogP contribution < -0.4 is 0 Å². The monoisotopic (exact) mass is 173 g/mol. The molecule has 0 fully saturated rings. The van der Waals surface area contributed by atoms with Crippen molar-refractivity contribution in [1.29, 1.82) is 0 Å². The van der Waals surface area contributed by atoms with Crippen LogP contribution in [-0.4, -0.2) is 12.0 Å². The lowest BCUT2D eigenvalue weighted by molar-refractivity contribution is -0.111. The summed E-state index contributed by atoms with van der Waals surface area (Å²) in [4.78, 5) is 14.1. The summed E-state index contributed by atoms with van der Waals surface area (Å²) < 4.78 is 0.852. The molecule has 8 heavy (non-hydrogen) atoms. The van der Waals surface area contributed by atoms with Crippen LogP contribution in [0, 0.1) is 0 Å². The van der Waals surface area contributed by atoms with Gasteiger partial charge in [0.15, 0.2) is 5.78 Å². The number of carbonyl (C=O) groups excluding carboxylic acids is 1. The molecular weight excluding hydrogens is 170 g/mol. The summed E-state index contributed by atoms with van der Waals surface area (Å²) in [5, 5.41) is 0. The molecule has 0 atom stereocenters. The first kappa shape index (κ1) is 5.69. The van der Waals surface area contributed by atoms with Crippen LogP contribution in [0.1, 0.15) is 6.42 Å². The molecule has 1 aliphatic heterocycles. The maximum Gasteiger partial charge on any atom is 0.178 e. The number of aliphatic imine (C=N–C) groups is 1. The molecule has 0 amide bonds. The molecule has 0 saturated carbocycles. The second-order valence-corrected chi connectivity index (χ2v) is 2.52. The number of rotatable bonds is 0. The van der Waals surface area contributed by atoms with Crippen LogP contribution in [0.4, 0.5) is 0 Å². The van der Waals surface area contributed by atoms with Gasteiger partial charge in [-0.25, -0.2) is 0 Å². The molecule has 2 nitrogen and oxygen atoms in total. The van der Waals surface area contributed by atoms with Gasteiger partial charge in [-0.15, -0.1) is 0 Å². The summed E-state index contributed by atoms with van der Waals surface area (Å²) in [5.74, 6) is 0.0550. The summed E-state index contributed by atoms with van der Waals surface area (Å²) >= 11 is 3.16. The molecule has 0 radical (unpaired) electrons. The molecule has 0 spiro atoms. The van der Waals surface area contributed by atoms with Gasteiger partial charge in [-0.1, -0.05) is 15.9 Å². The zero-order valence-electron chi connectivity index (χ0n) is 4.10. The van der Waals surface area contributed by atoms with E-state index in [0.717, 1.165) is 4.48 Å². The highest BCUT2D eigenvalue weighted by Crippen LogP contribution is 2.12. The Labute approximate surface area is 55.4 Å². The number of halogens is 1. The first-order valence-electron chi connectivity index (χ1n) is 2.19. The number of allylic oxidation sites excluding steroid dienone is 1. The summed E-state index contributed by atoms with van der Waals surface area (Å²) in [5.41, 5.74) is 0. The van der Waals surface area contributed by atoms with E-state index in [1.54, 1.807) is 6.20 Å². The highest BCUT2D eigenvalue weighted by Gasteiger charge is 2.02. The van der Waals surface area contributed by atoms with E-state index >= 15 is 0 Å². The fourth-order valence-electron chi connectivity index (χ4n) is 0.459. The number of carbonyl (C=O) groups is 1. The summed E-state index contributed by atoms with van der Waals surface area (Å²) in [6.07, 6.45) is 3.41. The zero-order valence-corrected chi connectivity index (χ0v) is 5.68. The average Bonchev–Trinajstić information content (AvgIpc) is 1.64. The molecule has 1 rings (SSSR count). The lowest BCUT2D eigenvalue weighted by atomic mass is 10.3. The summed E-state index contributed by atoms with van der Waals surface area (Å²) in [6.45, 7) is 0. The second kappa shape index (κ2) is 2.22. The van der Waals surface area contributed by atoms with Gasteiger partial charge in [0.25, 0.3) is 0 Å². The number of nitrogens with zero attached hydrogens (tertiary/aromatic N) is 1. The lowest BCUT2D eigenvalue weighted by Crippen LogP contribution is -2.01. The number of hydrogen-bond donors (Lipinski definition) is 0. The molecule has 0 saturated heterocycles. The smallest absolute Gasteiger partial charge is 0.178 e. The Balaban J connectivity index is 2.73. The van der Waals surface area contributed by atoms with Gasteiger partial charge in [0.2, 0.25) is 0 Å². The number of Topliss-reactive ketones (excluding diaryl/α,β-unsaturated/α-hetero) is 1. The molecule has 42 valence electrons. The topological polar surface area (TPSA) is 29.4 Å². The first-order chi connectivity index (χ1) is 3.79. The van der Waals surface area contributed by atoms with Crippen molar-refractivity contribution in [3.05, 3.63) is 10.7 Å². The van der Waals surface area contributed by atoms with Gasteiger partial charge >= 0.3 is 0 Å². The number of hydrogen-bond acceptors (Lipinski definition) is 2. The minimum Gasteiger partial charge on any atom is -0.293 e. The van der Waals surface area contributed by atoms with Crippen molar-refractivity contribution < 1.29 is 4.79 Å². The third kappa shape index (κ3) is 1.26. The van der Waals surface area contributed by atoms with E-state index in [2.05, 4.69) is 20.9 Å². The molecule has 0 N–H and O–H groups in total. The van der Waals surface area contributed by atoms with Gasteiger partial charge in [-0.05, 0) is 0 Å². The largest absolute Gasteiger partial charge is 0.293 e. The van der Waals surface area contributed by atoms with E-state index in [-0.39, 0.29) is 5.78 Å². The van der Waals surface area contributed by atoms with Crippen LogP contribution in [-0.2, 0) is 4.79 Å². The van der Waals surface area contributed by atoms with E-state index < -0.39 is 0 Å². The molecule has 0 unspecified atom stereocenters. The van der Waals surface area contributed by atoms with Crippen molar-refractivity contribution in [1.82, 2.24) is 0 Å². The Morgan fingerprint density at radius 1 is 1.75 bits per heavy atom. The van der Waals surface area contributed by atoms with Crippen molar-refractivity contribution in [2.24, 2.45) is 4.99 Å². The molecule has 0 aromatic carbocycles. The minimum atomic E-state index is 0.0550. The van der Waals surface area contributed by atoms with Gasteiger partial charge in [0.05, 0.1) is 6.21 Å². The molecule has 0 aromatic rings. The molecule has 0 bridgehead atoms. The van der Waals surface area contributed by atoms with Crippen LogP contribution in [0.25, 0.3) is 0 Å².